The monoisotopic (exact) mass is 427 g/mol. The van der Waals surface area contributed by atoms with E-state index in [0.717, 1.165) is 11.1 Å². The molecule has 0 saturated carbocycles. The molecule has 32 heavy (non-hydrogen) atoms. The Morgan fingerprint density at radius 3 is 2.28 bits per heavy atom. The van der Waals surface area contributed by atoms with Crippen LogP contribution < -0.4 is 14.9 Å². The number of ketones is 1. The van der Waals surface area contributed by atoms with Gasteiger partial charge in [-0.1, -0.05) is 29.8 Å². The van der Waals surface area contributed by atoms with E-state index < -0.39 is 0 Å². The van der Waals surface area contributed by atoms with Gasteiger partial charge in [0, 0.05) is 18.3 Å². The number of aryl methyl sites for hydroxylation is 1. The van der Waals surface area contributed by atoms with Crippen LogP contribution in [0, 0.1) is 6.92 Å². The number of ether oxygens (including phenoxy) is 2. The molecule has 5 nitrogen and oxygen atoms in total. The summed E-state index contributed by atoms with van der Waals surface area (Å²) in [5.74, 6) is 0.937. The summed E-state index contributed by atoms with van der Waals surface area (Å²) in [4.78, 5) is 26.6. The van der Waals surface area contributed by atoms with Crippen LogP contribution >= 0.6 is 0 Å². The molecule has 1 aromatic heterocycles. The minimum atomic E-state index is -0.319. The molecule has 0 spiro atoms. The maximum atomic E-state index is 13.3. The molecule has 0 atom stereocenters. The number of benzene rings is 3. The number of nitrogens with zero attached hydrogens (tertiary/aromatic N) is 1. The summed E-state index contributed by atoms with van der Waals surface area (Å²) in [5.41, 5.74) is 3.26. The Balaban J connectivity index is 1.84. The maximum absolute atomic E-state index is 13.3. The van der Waals surface area contributed by atoms with Crippen molar-refractivity contribution in [1.82, 2.24) is 4.57 Å². The van der Waals surface area contributed by atoms with Crippen molar-refractivity contribution in [2.45, 2.75) is 20.4 Å². The summed E-state index contributed by atoms with van der Waals surface area (Å²) in [7, 11) is 1.56. The van der Waals surface area contributed by atoms with E-state index in [1.807, 2.05) is 30.5 Å². The van der Waals surface area contributed by atoms with Gasteiger partial charge >= 0.3 is 0 Å². The van der Waals surface area contributed by atoms with Crippen molar-refractivity contribution < 1.29 is 14.3 Å². The van der Waals surface area contributed by atoms with Gasteiger partial charge in [0.2, 0.25) is 5.43 Å². The number of hydrogen-bond donors (Lipinski definition) is 0. The average molecular weight is 428 g/mol. The van der Waals surface area contributed by atoms with Crippen LogP contribution in [0.3, 0.4) is 0 Å². The molecule has 0 bridgehead atoms. The van der Waals surface area contributed by atoms with Crippen molar-refractivity contribution in [2.24, 2.45) is 0 Å². The standard InChI is InChI=1S/C27H25NO4/c1-4-32-21-11-9-20(10-12-21)26(29)24-17-28(16-19-7-5-18(2)6-8-19)25-14-13-22(31-3)15-23(25)27(24)30/h5-15,17H,4,16H2,1-3H3. The molecule has 4 rings (SSSR count). The Hall–Kier alpha value is -3.86. The third-order valence-corrected chi connectivity index (χ3v) is 5.43. The summed E-state index contributed by atoms with van der Waals surface area (Å²) >= 11 is 0. The molecule has 0 aliphatic heterocycles. The number of methoxy groups -OCH3 is 1. The van der Waals surface area contributed by atoms with Crippen molar-refractivity contribution >= 4 is 16.7 Å². The van der Waals surface area contributed by atoms with E-state index in [9.17, 15) is 9.59 Å². The molecule has 5 heteroatoms. The summed E-state index contributed by atoms with van der Waals surface area (Å²) in [6.45, 7) is 5.02. The number of pyridine rings is 1. The van der Waals surface area contributed by atoms with Gasteiger partial charge in [0.1, 0.15) is 11.5 Å². The van der Waals surface area contributed by atoms with Crippen molar-refractivity contribution in [3.8, 4) is 11.5 Å². The summed E-state index contributed by atoms with van der Waals surface area (Å²) in [6.07, 6.45) is 1.66. The van der Waals surface area contributed by atoms with E-state index in [-0.39, 0.29) is 16.8 Å². The Morgan fingerprint density at radius 1 is 0.938 bits per heavy atom. The van der Waals surface area contributed by atoms with Crippen molar-refractivity contribution in [3.63, 3.8) is 0 Å². The highest BCUT2D eigenvalue weighted by Gasteiger charge is 2.18. The third kappa shape index (κ3) is 4.28. The molecule has 0 amide bonds. The van der Waals surface area contributed by atoms with E-state index in [2.05, 4.69) is 24.3 Å². The van der Waals surface area contributed by atoms with Crippen LogP contribution in [0.15, 0.2) is 77.7 Å². The predicted octanol–water partition coefficient (Wildman–Crippen LogP) is 5.00. The zero-order chi connectivity index (χ0) is 22.7. The highest BCUT2D eigenvalue weighted by Crippen LogP contribution is 2.22. The highest BCUT2D eigenvalue weighted by molar-refractivity contribution is 6.10. The number of rotatable bonds is 7. The molecule has 0 saturated heterocycles. The van der Waals surface area contributed by atoms with Gasteiger partial charge in [-0.25, -0.2) is 0 Å². The van der Waals surface area contributed by atoms with E-state index in [1.165, 1.54) is 5.56 Å². The molecular weight excluding hydrogens is 402 g/mol. The smallest absolute Gasteiger partial charge is 0.200 e. The van der Waals surface area contributed by atoms with E-state index in [0.29, 0.717) is 35.6 Å². The molecule has 0 radical (unpaired) electrons. The van der Waals surface area contributed by atoms with Crippen molar-refractivity contribution in [1.29, 1.82) is 0 Å². The van der Waals surface area contributed by atoms with E-state index in [4.69, 9.17) is 9.47 Å². The van der Waals surface area contributed by atoms with Gasteiger partial charge in [-0.3, -0.25) is 9.59 Å². The molecule has 0 aliphatic carbocycles. The fraction of sp³-hybridized carbons (Fsp3) is 0.185. The Bertz CT molecular complexity index is 1320. The molecule has 1 heterocycles. The van der Waals surface area contributed by atoms with Crippen LogP contribution in [0.2, 0.25) is 0 Å². The van der Waals surface area contributed by atoms with E-state index in [1.54, 1.807) is 43.6 Å². The van der Waals surface area contributed by atoms with Gasteiger partial charge in [-0.05, 0) is 61.9 Å². The first-order valence-corrected chi connectivity index (χ1v) is 10.5. The maximum Gasteiger partial charge on any atom is 0.200 e. The number of hydrogen-bond acceptors (Lipinski definition) is 4. The molecule has 0 N–H and O–H groups in total. The minimum Gasteiger partial charge on any atom is -0.497 e. The van der Waals surface area contributed by atoms with Gasteiger partial charge in [0.15, 0.2) is 5.78 Å². The Morgan fingerprint density at radius 2 is 1.62 bits per heavy atom. The van der Waals surface area contributed by atoms with Gasteiger partial charge in [0.25, 0.3) is 0 Å². The number of aromatic nitrogens is 1. The zero-order valence-electron chi connectivity index (χ0n) is 18.4. The lowest BCUT2D eigenvalue weighted by molar-refractivity contribution is 0.103. The minimum absolute atomic E-state index is 0.127. The third-order valence-electron chi connectivity index (χ3n) is 5.43. The van der Waals surface area contributed by atoms with Crippen molar-refractivity contribution in [2.75, 3.05) is 13.7 Å². The summed E-state index contributed by atoms with van der Waals surface area (Å²) in [5, 5.41) is 0.452. The van der Waals surface area contributed by atoms with Crippen LogP contribution in [0.5, 0.6) is 11.5 Å². The van der Waals surface area contributed by atoms with Gasteiger partial charge in [0.05, 0.1) is 30.2 Å². The van der Waals surface area contributed by atoms with E-state index >= 15 is 0 Å². The fourth-order valence-corrected chi connectivity index (χ4v) is 3.71. The zero-order valence-corrected chi connectivity index (χ0v) is 18.4. The van der Waals surface area contributed by atoms with Crippen LogP contribution in [-0.2, 0) is 6.54 Å². The summed E-state index contributed by atoms with van der Waals surface area (Å²) in [6, 6.07) is 20.4. The summed E-state index contributed by atoms with van der Waals surface area (Å²) < 4.78 is 12.7. The van der Waals surface area contributed by atoms with Gasteiger partial charge in [-0.15, -0.1) is 0 Å². The second-order valence-electron chi connectivity index (χ2n) is 7.65. The van der Waals surface area contributed by atoms with Gasteiger partial charge in [-0.2, -0.15) is 0 Å². The number of carbonyl (C=O) groups is 1. The first-order chi connectivity index (χ1) is 15.5. The number of fused-ring (bicyclic) bond motifs is 1. The van der Waals surface area contributed by atoms with Crippen LogP contribution in [0.1, 0.15) is 34.0 Å². The highest BCUT2D eigenvalue weighted by atomic mass is 16.5. The second-order valence-corrected chi connectivity index (χ2v) is 7.65. The quantitative estimate of drug-likeness (QED) is 0.390. The molecule has 3 aromatic carbocycles. The molecule has 4 aromatic rings. The first-order valence-electron chi connectivity index (χ1n) is 10.5. The second kappa shape index (κ2) is 9.10. The SMILES string of the molecule is CCOc1ccc(C(=O)c2cn(Cc3ccc(C)cc3)c3ccc(OC)cc3c2=O)cc1. The first kappa shape index (κ1) is 21.4. The Kier molecular flexibility index (Phi) is 6.08. The molecule has 0 aliphatic rings. The van der Waals surface area contributed by atoms with Crippen LogP contribution in [-0.4, -0.2) is 24.1 Å². The normalized spacial score (nSPS) is 10.8. The lowest BCUT2D eigenvalue weighted by Crippen LogP contribution is -2.20. The largest absolute Gasteiger partial charge is 0.497 e. The topological polar surface area (TPSA) is 57.5 Å². The predicted molar refractivity (Wildman–Crippen MR) is 126 cm³/mol. The lowest BCUT2D eigenvalue weighted by Gasteiger charge is -2.14. The Labute approximate surface area is 186 Å². The van der Waals surface area contributed by atoms with Crippen LogP contribution in [0.4, 0.5) is 0 Å². The molecule has 162 valence electrons. The number of carbonyl (C=O) groups excluding carboxylic acids is 1. The molecule has 0 fully saturated rings. The van der Waals surface area contributed by atoms with Gasteiger partial charge < -0.3 is 14.0 Å². The van der Waals surface area contributed by atoms with Crippen LogP contribution in [0.25, 0.3) is 10.9 Å². The average Bonchev–Trinajstić information content (AvgIpc) is 2.82. The molecule has 0 unspecified atom stereocenters. The van der Waals surface area contributed by atoms with Crippen molar-refractivity contribution in [3.05, 3.63) is 105 Å². The fourth-order valence-electron chi connectivity index (χ4n) is 3.71. The lowest BCUT2D eigenvalue weighted by atomic mass is 10.0. The molecular formula is C27H25NO4.